The van der Waals surface area contributed by atoms with Gasteiger partial charge in [-0.2, -0.15) is 0 Å². The topological polar surface area (TPSA) is 74.3 Å². The van der Waals surface area contributed by atoms with E-state index in [1.54, 1.807) is 22.4 Å². The van der Waals surface area contributed by atoms with Crippen LogP contribution in [-0.2, 0) is 17.8 Å². The van der Waals surface area contributed by atoms with E-state index in [1.165, 1.54) is 6.92 Å². The van der Waals surface area contributed by atoms with Crippen LogP contribution in [0.5, 0.6) is 0 Å². The third-order valence-electron chi connectivity index (χ3n) is 4.66. The summed E-state index contributed by atoms with van der Waals surface area (Å²) in [7, 11) is 0. The van der Waals surface area contributed by atoms with Crippen LogP contribution in [0, 0.1) is 0 Å². The molecule has 2 heterocycles. The number of nitrogens with one attached hydrogen (secondary N) is 2. The minimum absolute atomic E-state index is 0.0892. The number of carbonyl (C=O) groups is 2. The Bertz CT molecular complexity index is 1020. The van der Waals surface area contributed by atoms with Crippen molar-refractivity contribution in [2.75, 3.05) is 17.2 Å². The van der Waals surface area contributed by atoms with Gasteiger partial charge in [-0.3, -0.25) is 4.79 Å². The number of aromatic nitrogens is 1. The highest BCUT2D eigenvalue weighted by atomic mass is 32.1. The lowest BCUT2D eigenvalue weighted by Crippen LogP contribution is -2.39. The maximum atomic E-state index is 12.8. The molecule has 2 aromatic carbocycles. The van der Waals surface area contributed by atoms with Crippen LogP contribution in [0.2, 0.25) is 0 Å². The largest absolute Gasteiger partial charge is 0.326 e. The number of urea groups is 1. The molecule has 1 aliphatic rings. The first-order valence-electron chi connectivity index (χ1n) is 9.04. The molecule has 0 aliphatic carbocycles. The fourth-order valence-corrected chi connectivity index (χ4v) is 4.02. The Morgan fingerprint density at radius 1 is 1.14 bits per heavy atom. The monoisotopic (exact) mass is 392 g/mol. The molecule has 142 valence electrons. The van der Waals surface area contributed by atoms with Gasteiger partial charge >= 0.3 is 6.03 Å². The Balaban J connectivity index is 1.47. The molecule has 0 bridgehead atoms. The predicted molar refractivity (Wildman–Crippen MR) is 111 cm³/mol. The van der Waals surface area contributed by atoms with Crippen molar-refractivity contribution < 1.29 is 9.59 Å². The molecule has 7 heteroatoms. The number of thiazole rings is 1. The Morgan fingerprint density at radius 3 is 2.79 bits per heavy atom. The van der Waals surface area contributed by atoms with E-state index in [2.05, 4.69) is 15.6 Å². The first-order chi connectivity index (χ1) is 13.6. The van der Waals surface area contributed by atoms with Gasteiger partial charge in [0.2, 0.25) is 5.91 Å². The van der Waals surface area contributed by atoms with Crippen molar-refractivity contribution >= 4 is 34.6 Å². The van der Waals surface area contributed by atoms with Crippen molar-refractivity contribution in [3.8, 4) is 10.6 Å². The molecule has 1 aromatic heterocycles. The number of fused-ring (bicyclic) bond motifs is 1. The van der Waals surface area contributed by atoms with Gasteiger partial charge in [-0.25, -0.2) is 9.78 Å². The minimum Gasteiger partial charge on any atom is -0.326 e. The summed E-state index contributed by atoms with van der Waals surface area (Å²) in [5, 5.41) is 8.72. The van der Waals surface area contributed by atoms with Gasteiger partial charge in [-0.1, -0.05) is 24.3 Å². The summed E-state index contributed by atoms with van der Waals surface area (Å²) < 4.78 is 0. The van der Waals surface area contributed by atoms with Crippen LogP contribution < -0.4 is 10.6 Å². The average molecular weight is 392 g/mol. The van der Waals surface area contributed by atoms with E-state index >= 15 is 0 Å². The third kappa shape index (κ3) is 3.89. The van der Waals surface area contributed by atoms with Gasteiger partial charge in [0.25, 0.3) is 0 Å². The summed E-state index contributed by atoms with van der Waals surface area (Å²) in [6.07, 6.45) is 2.48. The third-order valence-corrected chi connectivity index (χ3v) is 5.48. The zero-order valence-electron chi connectivity index (χ0n) is 15.4. The van der Waals surface area contributed by atoms with Crippen molar-refractivity contribution in [2.45, 2.75) is 19.9 Å². The second-order valence-electron chi connectivity index (χ2n) is 6.64. The van der Waals surface area contributed by atoms with Crippen LogP contribution in [0.4, 0.5) is 16.2 Å². The molecule has 0 saturated carbocycles. The Labute approximate surface area is 167 Å². The average Bonchev–Trinajstić information content (AvgIpc) is 3.22. The van der Waals surface area contributed by atoms with E-state index in [-0.39, 0.29) is 11.9 Å². The molecule has 0 spiro atoms. The van der Waals surface area contributed by atoms with Gasteiger partial charge in [0.05, 0.1) is 0 Å². The van der Waals surface area contributed by atoms with Gasteiger partial charge in [0.1, 0.15) is 5.01 Å². The van der Waals surface area contributed by atoms with E-state index in [4.69, 9.17) is 0 Å². The van der Waals surface area contributed by atoms with Crippen LogP contribution in [0.15, 0.2) is 54.0 Å². The van der Waals surface area contributed by atoms with E-state index in [0.29, 0.717) is 19.5 Å². The Morgan fingerprint density at radius 2 is 2.00 bits per heavy atom. The highest BCUT2D eigenvalue weighted by Crippen LogP contribution is 2.28. The molecule has 0 fully saturated rings. The van der Waals surface area contributed by atoms with Gasteiger partial charge in [0.15, 0.2) is 0 Å². The number of rotatable bonds is 3. The summed E-state index contributed by atoms with van der Waals surface area (Å²) >= 11 is 1.57. The maximum absolute atomic E-state index is 12.8. The van der Waals surface area contributed by atoms with Crippen molar-refractivity contribution in [3.63, 3.8) is 0 Å². The first-order valence-corrected chi connectivity index (χ1v) is 9.92. The van der Waals surface area contributed by atoms with E-state index in [0.717, 1.165) is 33.1 Å². The van der Waals surface area contributed by atoms with Crippen LogP contribution in [-0.4, -0.2) is 28.4 Å². The van der Waals surface area contributed by atoms with Crippen molar-refractivity contribution in [1.82, 2.24) is 9.88 Å². The Hall–Kier alpha value is -3.19. The van der Waals surface area contributed by atoms with E-state index < -0.39 is 0 Å². The Kier molecular flexibility index (Phi) is 5.08. The molecular formula is C21H20N4O2S. The van der Waals surface area contributed by atoms with Crippen LogP contribution in [0.1, 0.15) is 18.1 Å². The van der Waals surface area contributed by atoms with Gasteiger partial charge in [-0.05, 0) is 35.7 Å². The molecule has 0 radical (unpaired) electrons. The number of hydrogen-bond acceptors (Lipinski definition) is 4. The molecule has 28 heavy (non-hydrogen) atoms. The highest BCUT2D eigenvalue weighted by Gasteiger charge is 2.23. The lowest BCUT2D eigenvalue weighted by molar-refractivity contribution is -0.114. The number of hydrogen-bond donors (Lipinski definition) is 2. The van der Waals surface area contributed by atoms with Gasteiger partial charge in [0, 0.05) is 48.5 Å². The maximum Gasteiger partial charge on any atom is 0.322 e. The van der Waals surface area contributed by atoms with Crippen LogP contribution in [0.25, 0.3) is 10.6 Å². The molecule has 2 N–H and O–H groups in total. The molecule has 6 nitrogen and oxygen atoms in total. The SMILES string of the molecule is CC(=O)Nc1cccc2c1CCN(C(=O)Nc1cccc(-c3nccs3)c1)C2. The molecule has 4 rings (SSSR count). The normalized spacial score (nSPS) is 13.0. The lowest BCUT2D eigenvalue weighted by atomic mass is 9.98. The molecule has 3 amide bonds. The van der Waals surface area contributed by atoms with E-state index in [9.17, 15) is 9.59 Å². The fraction of sp³-hybridized carbons (Fsp3) is 0.190. The standard InChI is InChI=1S/C21H20N4O2S/c1-14(26)23-19-7-3-5-16-13-25(10-8-18(16)19)21(27)24-17-6-2-4-15(12-17)20-22-9-11-28-20/h2-7,9,11-12H,8,10,13H2,1H3,(H,23,26)(H,24,27). The van der Waals surface area contributed by atoms with E-state index in [1.807, 2.05) is 47.8 Å². The molecular weight excluding hydrogens is 372 g/mol. The number of amides is 3. The zero-order chi connectivity index (χ0) is 19.5. The van der Waals surface area contributed by atoms with Gasteiger partial charge in [-0.15, -0.1) is 11.3 Å². The van der Waals surface area contributed by atoms with Crippen LogP contribution >= 0.6 is 11.3 Å². The molecule has 0 atom stereocenters. The summed E-state index contributed by atoms with van der Waals surface area (Å²) in [5.74, 6) is -0.0892. The summed E-state index contributed by atoms with van der Waals surface area (Å²) in [6, 6.07) is 13.4. The van der Waals surface area contributed by atoms with Gasteiger partial charge < -0.3 is 15.5 Å². The number of nitrogens with zero attached hydrogens (tertiary/aromatic N) is 2. The van der Waals surface area contributed by atoms with Crippen LogP contribution in [0.3, 0.4) is 0 Å². The minimum atomic E-state index is -0.133. The zero-order valence-corrected chi connectivity index (χ0v) is 16.3. The second-order valence-corrected chi connectivity index (χ2v) is 7.54. The number of carbonyl (C=O) groups excluding carboxylic acids is 2. The van der Waals surface area contributed by atoms with Crippen molar-refractivity contribution in [2.24, 2.45) is 0 Å². The summed E-state index contributed by atoms with van der Waals surface area (Å²) in [6.45, 7) is 2.62. The quantitative estimate of drug-likeness (QED) is 0.695. The lowest BCUT2D eigenvalue weighted by Gasteiger charge is -2.30. The fourth-order valence-electron chi connectivity index (χ4n) is 3.39. The highest BCUT2D eigenvalue weighted by molar-refractivity contribution is 7.13. The first kappa shape index (κ1) is 18.2. The molecule has 3 aromatic rings. The van der Waals surface area contributed by atoms with Crippen molar-refractivity contribution in [3.05, 3.63) is 65.2 Å². The number of anilines is 2. The second kappa shape index (κ2) is 7.82. The molecule has 0 unspecified atom stereocenters. The molecule has 1 aliphatic heterocycles. The summed E-state index contributed by atoms with van der Waals surface area (Å²) in [5.41, 5.74) is 4.73. The summed E-state index contributed by atoms with van der Waals surface area (Å²) in [4.78, 5) is 30.3. The predicted octanol–water partition coefficient (Wildman–Crippen LogP) is 4.36. The van der Waals surface area contributed by atoms with Crippen molar-refractivity contribution in [1.29, 1.82) is 0 Å². The molecule has 0 saturated heterocycles. The number of benzene rings is 2. The smallest absolute Gasteiger partial charge is 0.322 e.